The van der Waals surface area contributed by atoms with Crippen molar-refractivity contribution in [3.63, 3.8) is 0 Å². The second-order valence-corrected chi connectivity index (χ2v) is 6.96. The van der Waals surface area contributed by atoms with Crippen LogP contribution in [0.25, 0.3) is 11.1 Å². The van der Waals surface area contributed by atoms with Gasteiger partial charge in [0.2, 0.25) is 0 Å². The molecule has 0 spiro atoms. The topological polar surface area (TPSA) is 18.5 Å². The number of ether oxygens (including phenoxy) is 2. The molecule has 0 radical (unpaired) electrons. The maximum absolute atomic E-state index is 14.2. The van der Waals surface area contributed by atoms with E-state index in [1.165, 1.54) is 12.1 Å². The first-order valence-electron chi connectivity index (χ1n) is 9.52. The fourth-order valence-corrected chi connectivity index (χ4v) is 3.37. The molecule has 146 valence electrons. The minimum absolute atomic E-state index is 0.0569. The Labute approximate surface area is 158 Å². The van der Waals surface area contributed by atoms with Crippen LogP contribution < -0.4 is 4.74 Å². The van der Waals surface area contributed by atoms with E-state index >= 15 is 0 Å². The van der Waals surface area contributed by atoms with Crippen molar-refractivity contribution in [1.29, 1.82) is 0 Å². The molecule has 0 N–H and O–H groups in total. The molecule has 3 rings (SSSR count). The molecule has 2 atom stereocenters. The summed E-state index contributed by atoms with van der Waals surface area (Å²) >= 11 is 0. The highest BCUT2D eigenvalue weighted by atomic mass is 19.1. The zero-order valence-electron chi connectivity index (χ0n) is 15.5. The van der Waals surface area contributed by atoms with Gasteiger partial charge in [0.05, 0.1) is 26.0 Å². The van der Waals surface area contributed by atoms with E-state index in [-0.39, 0.29) is 19.1 Å². The van der Waals surface area contributed by atoms with Gasteiger partial charge >= 0.3 is 0 Å². The molecular formula is C22H25F3O2. The molecule has 1 aliphatic rings. The van der Waals surface area contributed by atoms with Crippen LogP contribution in [0.5, 0.6) is 5.75 Å². The molecule has 0 saturated carbocycles. The van der Waals surface area contributed by atoms with Crippen LogP contribution >= 0.6 is 0 Å². The van der Waals surface area contributed by atoms with Gasteiger partial charge in [-0.1, -0.05) is 37.6 Å². The SMILES string of the molecule is CCC1CCC(c2ccc(-c3cc(F)c(OCCCF)c(F)c3)cc2)OC1. The second-order valence-electron chi connectivity index (χ2n) is 6.96. The standard InChI is InChI=1S/C22H25F3O2/c1-2-15-4-9-21(27-14-15)17-7-5-16(6-8-17)18-12-19(24)22(20(25)13-18)26-11-3-10-23/h5-8,12-13,15,21H,2-4,9-11,14H2,1H3. The van der Waals surface area contributed by atoms with E-state index < -0.39 is 24.1 Å². The zero-order valence-corrected chi connectivity index (χ0v) is 15.5. The van der Waals surface area contributed by atoms with Crippen LogP contribution in [0.15, 0.2) is 36.4 Å². The lowest BCUT2D eigenvalue weighted by molar-refractivity contribution is -0.0180. The van der Waals surface area contributed by atoms with Crippen molar-refractivity contribution in [2.45, 2.75) is 38.7 Å². The Morgan fingerprint density at radius 1 is 1.04 bits per heavy atom. The minimum atomic E-state index is -0.783. The number of hydrogen-bond donors (Lipinski definition) is 0. The molecule has 0 aromatic heterocycles. The molecule has 0 aliphatic carbocycles. The van der Waals surface area contributed by atoms with Crippen molar-refractivity contribution < 1.29 is 22.6 Å². The van der Waals surface area contributed by atoms with Gasteiger partial charge in [-0.2, -0.15) is 0 Å². The molecule has 2 nitrogen and oxygen atoms in total. The average molecular weight is 378 g/mol. The van der Waals surface area contributed by atoms with Crippen molar-refractivity contribution in [3.05, 3.63) is 53.6 Å². The van der Waals surface area contributed by atoms with Crippen LogP contribution in [0.4, 0.5) is 13.2 Å². The first-order chi connectivity index (χ1) is 13.1. The Morgan fingerprint density at radius 3 is 2.30 bits per heavy atom. The third kappa shape index (κ3) is 4.83. The van der Waals surface area contributed by atoms with Crippen LogP contribution in [0.3, 0.4) is 0 Å². The van der Waals surface area contributed by atoms with E-state index in [0.717, 1.165) is 31.4 Å². The zero-order chi connectivity index (χ0) is 19.2. The van der Waals surface area contributed by atoms with Crippen LogP contribution in [-0.2, 0) is 4.74 Å². The number of hydrogen-bond acceptors (Lipinski definition) is 2. The van der Waals surface area contributed by atoms with Gasteiger partial charge in [-0.25, -0.2) is 8.78 Å². The van der Waals surface area contributed by atoms with Crippen molar-refractivity contribution in [3.8, 4) is 16.9 Å². The summed E-state index contributed by atoms with van der Waals surface area (Å²) in [5.41, 5.74) is 2.24. The lowest BCUT2D eigenvalue weighted by Gasteiger charge is -2.28. The van der Waals surface area contributed by atoms with E-state index in [1.807, 2.05) is 24.3 Å². The molecule has 27 heavy (non-hydrogen) atoms. The minimum Gasteiger partial charge on any atom is -0.488 e. The van der Waals surface area contributed by atoms with E-state index in [2.05, 4.69) is 6.92 Å². The van der Waals surface area contributed by atoms with Crippen molar-refractivity contribution in [2.75, 3.05) is 19.9 Å². The summed E-state index contributed by atoms with van der Waals surface area (Å²) in [4.78, 5) is 0. The normalized spacial score (nSPS) is 19.9. The monoisotopic (exact) mass is 378 g/mol. The molecule has 0 bridgehead atoms. The van der Waals surface area contributed by atoms with Crippen LogP contribution in [0.1, 0.15) is 44.3 Å². The molecule has 1 heterocycles. The van der Waals surface area contributed by atoms with Gasteiger partial charge in [0, 0.05) is 6.42 Å². The summed E-state index contributed by atoms with van der Waals surface area (Å²) in [7, 11) is 0. The van der Waals surface area contributed by atoms with Gasteiger partial charge in [0.15, 0.2) is 17.4 Å². The highest BCUT2D eigenvalue weighted by Crippen LogP contribution is 2.34. The predicted octanol–water partition coefficient (Wildman–Crippen LogP) is 6.25. The maximum Gasteiger partial charge on any atom is 0.190 e. The molecule has 5 heteroatoms. The average Bonchev–Trinajstić information content (AvgIpc) is 2.70. The molecule has 1 aliphatic heterocycles. The Kier molecular flexibility index (Phi) is 6.78. The summed E-state index contributed by atoms with van der Waals surface area (Å²) in [6.45, 7) is 2.32. The maximum atomic E-state index is 14.2. The highest BCUT2D eigenvalue weighted by Gasteiger charge is 2.22. The van der Waals surface area contributed by atoms with Crippen LogP contribution in [0.2, 0.25) is 0 Å². The highest BCUT2D eigenvalue weighted by molar-refractivity contribution is 5.65. The summed E-state index contributed by atoms with van der Waals surface area (Å²) in [6.07, 6.45) is 3.47. The van der Waals surface area contributed by atoms with Gasteiger partial charge in [-0.3, -0.25) is 4.39 Å². The fraction of sp³-hybridized carbons (Fsp3) is 0.455. The number of rotatable bonds is 7. The molecule has 1 fully saturated rings. The van der Waals surface area contributed by atoms with Crippen molar-refractivity contribution in [1.82, 2.24) is 0 Å². The quantitative estimate of drug-likeness (QED) is 0.530. The largest absolute Gasteiger partial charge is 0.488 e. The fourth-order valence-electron chi connectivity index (χ4n) is 3.37. The van der Waals surface area contributed by atoms with Gasteiger partial charge in [-0.05, 0) is 47.6 Å². The van der Waals surface area contributed by atoms with E-state index in [1.54, 1.807) is 0 Å². The van der Waals surface area contributed by atoms with Gasteiger partial charge in [-0.15, -0.1) is 0 Å². The lowest BCUT2D eigenvalue weighted by Crippen LogP contribution is -2.20. The number of benzene rings is 2. The van der Waals surface area contributed by atoms with Crippen molar-refractivity contribution >= 4 is 0 Å². The van der Waals surface area contributed by atoms with Crippen LogP contribution in [-0.4, -0.2) is 19.9 Å². The van der Waals surface area contributed by atoms with Gasteiger partial charge < -0.3 is 9.47 Å². The van der Waals surface area contributed by atoms with E-state index in [9.17, 15) is 13.2 Å². The third-order valence-electron chi connectivity index (χ3n) is 5.09. The van der Waals surface area contributed by atoms with Crippen LogP contribution in [0, 0.1) is 17.6 Å². The predicted molar refractivity (Wildman–Crippen MR) is 99.6 cm³/mol. The molecular weight excluding hydrogens is 353 g/mol. The lowest BCUT2D eigenvalue weighted by atomic mass is 9.92. The third-order valence-corrected chi connectivity index (χ3v) is 5.09. The van der Waals surface area contributed by atoms with Gasteiger partial charge in [0.1, 0.15) is 0 Å². The van der Waals surface area contributed by atoms with E-state index in [4.69, 9.17) is 9.47 Å². The molecule has 0 amide bonds. The molecule has 2 aromatic carbocycles. The Balaban J connectivity index is 1.71. The first kappa shape index (κ1) is 19.7. The van der Waals surface area contributed by atoms with E-state index in [0.29, 0.717) is 17.0 Å². The molecule has 1 saturated heterocycles. The smallest absolute Gasteiger partial charge is 0.190 e. The summed E-state index contributed by atoms with van der Waals surface area (Å²) < 4.78 is 51.4. The molecule has 2 unspecified atom stereocenters. The summed E-state index contributed by atoms with van der Waals surface area (Å²) in [5, 5.41) is 0. The molecule has 2 aromatic rings. The summed E-state index contributed by atoms with van der Waals surface area (Å²) in [6, 6.07) is 10.1. The number of halogens is 3. The van der Waals surface area contributed by atoms with Crippen molar-refractivity contribution in [2.24, 2.45) is 5.92 Å². The Morgan fingerprint density at radius 2 is 1.74 bits per heavy atom. The van der Waals surface area contributed by atoms with Gasteiger partial charge in [0.25, 0.3) is 0 Å². The second kappa shape index (κ2) is 9.27. The number of alkyl halides is 1. The first-order valence-corrected chi connectivity index (χ1v) is 9.52. The Hall–Kier alpha value is -2.01. The Bertz CT molecular complexity index is 715. The summed E-state index contributed by atoms with van der Waals surface area (Å²) in [5.74, 6) is -1.38.